The van der Waals surface area contributed by atoms with E-state index in [0.717, 1.165) is 0 Å². The number of para-hydroxylation sites is 1. The van der Waals surface area contributed by atoms with Gasteiger partial charge in [0.05, 0.1) is 13.2 Å². The van der Waals surface area contributed by atoms with E-state index in [9.17, 15) is 14.0 Å². The Kier molecular flexibility index (Phi) is 7.05. The van der Waals surface area contributed by atoms with Crippen LogP contribution < -0.4 is 26.0 Å². The number of ether oxygens (including phenoxy) is 1. The Morgan fingerprint density at radius 2 is 1.42 bits per heavy atom. The van der Waals surface area contributed by atoms with E-state index in [1.54, 1.807) is 49.4 Å². The Labute approximate surface area is 179 Å². The number of hydrogen-bond acceptors (Lipinski definition) is 3. The molecule has 1 atom stereocenters. The van der Waals surface area contributed by atoms with Gasteiger partial charge in [-0.25, -0.2) is 14.0 Å². The molecule has 0 bridgehead atoms. The van der Waals surface area contributed by atoms with Gasteiger partial charge in [0.25, 0.3) is 0 Å². The van der Waals surface area contributed by atoms with Gasteiger partial charge < -0.3 is 26.0 Å². The first-order chi connectivity index (χ1) is 14.9. The molecule has 0 aliphatic rings. The van der Waals surface area contributed by atoms with Gasteiger partial charge in [-0.05, 0) is 55.0 Å². The lowest BCUT2D eigenvalue weighted by molar-refractivity contribution is 0.249. The van der Waals surface area contributed by atoms with Crippen LogP contribution in [0.3, 0.4) is 0 Å². The zero-order chi connectivity index (χ0) is 22.2. The summed E-state index contributed by atoms with van der Waals surface area (Å²) in [4.78, 5) is 24.5. The number of benzene rings is 3. The average molecular weight is 422 g/mol. The number of urea groups is 2. The normalized spacial score (nSPS) is 11.2. The van der Waals surface area contributed by atoms with E-state index in [4.69, 9.17) is 4.74 Å². The van der Waals surface area contributed by atoms with Crippen LogP contribution >= 0.6 is 0 Å². The predicted molar refractivity (Wildman–Crippen MR) is 119 cm³/mol. The fourth-order valence-corrected chi connectivity index (χ4v) is 2.89. The molecule has 1 unspecified atom stereocenters. The molecule has 4 amide bonds. The number of methoxy groups -OCH3 is 1. The van der Waals surface area contributed by atoms with Gasteiger partial charge >= 0.3 is 12.1 Å². The van der Waals surface area contributed by atoms with E-state index in [2.05, 4.69) is 21.3 Å². The van der Waals surface area contributed by atoms with Crippen LogP contribution in [0.4, 0.5) is 31.0 Å². The van der Waals surface area contributed by atoms with Crippen LogP contribution in [0, 0.1) is 5.82 Å². The minimum absolute atomic E-state index is 0.140. The maximum Gasteiger partial charge on any atom is 0.323 e. The Bertz CT molecular complexity index is 1060. The van der Waals surface area contributed by atoms with Crippen molar-refractivity contribution in [2.75, 3.05) is 23.1 Å². The highest BCUT2D eigenvalue weighted by molar-refractivity contribution is 6.00. The smallest absolute Gasteiger partial charge is 0.323 e. The van der Waals surface area contributed by atoms with Crippen molar-refractivity contribution in [2.45, 2.75) is 13.0 Å². The van der Waals surface area contributed by atoms with E-state index in [1.807, 2.05) is 18.2 Å². The molecule has 0 radical (unpaired) electrons. The molecular formula is C23H23FN4O3. The van der Waals surface area contributed by atoms with Crippen LogP contribution in [-0.4, -0.2) is 19.2 Å². The summed E-state index contributed by atoms with van der Waals surface area (Å²) in [5, 5.41) is 10.9. The van der Waals surface area contributed by atoms with Crippen molar-refractivity contribution >= 4 is 29.1 Å². The van der Waals surface area contributed by atoms with Gasteiger partial charge in [-0.15, -0.1) is 0 Å². The minimum Gasteiger partial charge on any atom is -0.494 e. The third kappa shape index (κ3) is 6.20. The molecule has 4 N–H and O–H groups in total. The number of carbonyl (C=O) groups excluding carboxylic acids is 2. The van der Waals surface area contributed by atoms with E-state index in [0.29, 0.717) is 22.6 Å². The van der Waals surface area contributed by atoms with Crippen molar-refractivity contribution in [1.29, 1.82) is 0 Å². The largest absolute Gasteiger partial charge is 0.494 e. The molecule has 0 heterocycles. The van der Waals surface area contributed by atoms with E-state index < -0.39 is 23.9 Å². The second-order valence-electron chi connectivity index (χ2n) is 6.74. The summed E-state index contributed by atoms with van der Waals surface area (Å²) < 4.78 is 18.8. The fourth-order valence-electron chi connectivity index (χ4n) is 2.89. The molecule has 160 valence electrons. The van der Waals surface area contributed by atoms with E-state index in [1.165, 1.54) is 19.2 Å². The quantitative estimate of drug-likeness (QED) is 0.431. The second-order valence-corrected chi connectivity index (χ2v) is 6.74. The van der Waals surface area contributed by atoms with Gasteiger partial charge in [-0.1, -0.05) is 30.3 Å². The topological polar surface area (TPSA) is 91.5 Å². The molecule has 0 spiro atoms. The molecule has 3 rings (SSSR count). The Morgan fingerprint density at radius 3 is 2.06 bits per heavy atom. The van der Waals surface area contributed by atoms with Crippen LogP contribution in [0.2, 0.25) is 0 Å². The van der Waals surface area contributed by atoms with Crippen molar-refractivity contribution in [1.82, 2.24) is 5.32 Å². The molecule has 0 aliphatic heterocycles. The zero-order valence-corrected chi connectivity index (χ0v) is 17.1. The monoisotopic (exact) mass is 422 g/mol. The summed E-state index contributed by atoms with van der Waals surface area (Å²) in [5.74, 6) is -0.359. The number of carbonyl (C=O) groups is 2. The van der Waals surface area contributed by atoms with E-state index in [-0.39, 0.29) is 5.75 Å². The van der Waals surface area contributed by atoms with Crippen LogP contribution in [0.25, 0.3) is 0 Å². The number of halogens is 1. The van der Waals surface area contributed by atoms with Crippen LogP contribution in [0.5, 0.6) is 5.75 Å². The fraction of sp³-hybridized carbons (Fsp3) is 0.130. The second kappa shape index (κ2) is 10.1. The molecule has 0 aliphatic carbocycles. The van der Waals surface area contributed by atoms with Gasteiger partial charge in [0.1, 0.15) is 0 Å². The zero-order valence-electron chi connectivity index (χ0n) is 17.1. The van der Waals surface area contributed by atoms with Crippen LogP contribution in [0.15, 0.2) is 72.8 Å². The third-order valence-electron chi connectivity index (χ3n) is 4.43. The van der Waals surface area contributed by atoms with Crippen molar-refractivity contribution in [3.63, 3.8) is 0 Å². The number of anilines is 3. The Hall–Kier alpha value is -4.07. The lowest BCUT2D eigenvalue weighted by Gasteiger charge is -2.16. The summed E-state index contributed by atoms with van der Waals surface area (Å²) in [5.41, 5.74) is 2.26. The molecule has 3 aromatic carbocycles. The summed E-state index contributed by atoms with van der Waals surface area (Å²) >= 11 is 0. The van der Waals surface area contributed by atoms with Gasteiger partial charge in [0.15, 0.2) is 11.6 Å². The highest BCUT2D eigenvalue weighted by Crippen LogP contribution is 2.22. The number of nitrogens with one attached hydrogen (secondary N) is 4. The molecule has 0 fully saturated rings. The van der Waals surface area contributed by atoms with Gasteiger partial charge in [-0.3, -0.25) is 0 Å². The maximum atomic E-state index is 13.9. The van der Waals surface area contributed by atoms with Crippen molar-refractivity contribution in [2.24, 2.45) is 0 Å². The third-order valence-corrected chi connectivity index (χ3v) is 4.43. The highest BCUT2D eigenvalue weighted by Gasteiger charge is 2.13. The molecular weight excluding hydrogens is 399 g/mol. The average Bonchev–Trinajstić information content (AvgIpc) is 2.74. The highest BCUT2D eigenvalue weighted by atomic mass is 19.1. The summed E-state index contributed by atoms with van der Waals surface area (Å²) in [6.07, 6.45) is 0. The van der Waals surface area contributed by atoms with Gasteiger partial charge in [-0.2, -0.15) is 0 Å². The Balaban J connectivity index is 1.56. The standard InChI is InChI=1S/C23H23FN4O3/c1-15(16-11-12-21(31-2)20(24)13-16)25-22(29)27-18-9-6-10-19(14-18)28-23(30)26-17-7-4-3-5-8-17/h3-15H,1-2H3,(H2,25,27,29)(H2,26,28,30). The lowest BCUT2D eigenvalue weighted by atomic mass is 10.1. The van der Waals surface area contributed by atoms with Crippen LogP contribution in [-0.2, 0) is 0 Å². The molecule has 8 heteroatoms. The summed E-state index contributed by atoms with van der Waals surface area (Å²) in [6.45, 7) is 1.74. The minimum atomic E-state index is -0.499. The van der Waals surface area contributed by atoms with Gasteiger partial charge in [0.2, 0.25) is 0 Å². The predicted octanol–water partition coefficient (Wildman–Crippen LogP) is 5.36. The maximum absolute atomic E-state index is 13.9. The summed E-state index contributed by atoms with van der Waals surface area (Å²) in [7, 11) is 1.39. The van der Waals surface area contributed by atoms with Crippen LogP contribution in [0.1, 0.15) is 18.5 Å². The van der Waals surface area contributed by atoms with Crippen molar-refractivity contribution < 1.29 is 18.7 Å². The van der Waals surface area contributed by atoms with E-state index >= 15 is 0 Å². The number of hydrogen-bond donors (Lipinski definition) is 4. The Morgan fingerprint density at radius 1 is 0.806 bits per heavy atom. The first-order valence-corrected chi connectivity index (χ1v) is 9.58. The SMILES string of the molecule is COc1ccc(C(C)NC(=O)Nc2cccc(NC(=O)Nc3ccccc3)c2)cc1F. The number of amides is 4. The lowest BCUT2D eigenvalue weighted by Crippen LogP contribution is -2.31. The molecule has 0 aromatic heterocycles. The first kappa shape index (κ1) is 21.6. The molecule has 0 saturated carbocycles. The van der Waals surface area contributed by atoms with Crippen molar-refractivity contribution in [3.8, 4) is 5.75 Å². The molecule has 3 aromatic rings. The van der Waals surface area contributed by atoms with Gasteiger partial charge in [0, 0.05) is 17.1 Å². The molecule has 31 heavy (non-hydrogen) atoms. The first-order valence-electron chi connectivity index (χ1n) is 9.58. The molecule has 7 nitrogen and oxygen atoms in total. The summed E-state index contributed by atoms with van der Waals surface area (Å²) in [6, 6.07) is 19.0. The molecule has 0 saturated heterocycles. The van der Waals surface area contributed by atoms with Crippen molar-refractivity contribution in [3.05, 3.63) is 84.2 Å². The number of rotatable bonds is 6.